The summed E-state index contributed by atoms with van der Waals surface area (Å²) in [5.74, 6) is 1.56. The van der Waals surface area contributed by atoms with Gasteiger partial charge in [-0.15, -0.1) is 0 Å². The lowest BCUT2D eigenvalue weighted by atomic mass is 10.1. The Labute approximate surface area is 86.2 Å². The molecule has 0 aromatic carbocycles. The lowest BCUT2D eigenvalue weighted by Crippen LogP contribution is -2.40. The van der Waals surface area contributed by atoms with E-state index in [0.717, 1.165) is 18.8 Å². The first-order valence-corrected chi connectivity index (χ1v) is 7.39. The van der Waals surface area contributed by atoms with Gasteiger partial charge in [0, 0.05) is 12.1 Å². The van der Waals surface area contributed by atoms with E-state index < -0.39 is 9.84 Å². The van der Waals surface area contributed by atoms with Crippen molar-refractivity contribution in [3.05, 3.63) is 0 Å². The van der Waals surface area contributed by atoms with Crippen molar-refractivity contribution >= 4 is 9.84 Å². The third-order valence-corrected chi connectivity index (χ3v) is 5.08. The zero-order valence-corrected chi connectivity index (χ0v) is 9.52. The molecule has 1 aliphatic heterocycles. The van der Waals surface area contributed by atoms with Gasteiger partial charge >= 0.3 is 0 Å². The molecular formula is C10H19NO2S. The highest BCUT2D eigenvalue weighted by molar-refractivity contribution is 7.91. The van der Waals surface area contributed by atoms with Crippen molar-refractivity contribution in [1.82, 2.24) is 5.32 Å². The molecule has 3 nitrogen and oxygen atoms in total. The summed E-state index contributed by atoms with van der Waals surface area (Å²) in [5, 5.41) is 3.50. The van der Waals surface area contributed by atoms with E-state index in [2.05, 4.69) is 12.2 Å². The summed E-state index contributed by atoms with van der Waals surface area (Å²) < 4.78 is 22.5. The van der Waals surface area contributed by atoms with Crippen molar-refractivity contribution in [3.63, 3.8) is 0 Å². The fraction of sp³-hybridized carbons (Fsp3) is 1.00. The van der Waals surface area contributed by atoms with Gasteiger partial charge in [-0.3, -0.25) is 0 Å². The highest BCUT2D eigenvalue weighted by Crippen LogP contribution is 2.34. The SMILES string of the molecule is CCC(NC1CCS(=O)(=O)C1)C1CC1. The Morgan fingerprint density at radius 2 is 2.07 bits per heavy atom. The summed E-state index contributed by atoms with van der Waals surface area (Å²) in [4.78, 5) is 0. The normalized spacial score (nSPS) is 33.1. The topological polar surface area (TPSA) is 46.2 Å². The van der Waals surface area contributed by atoms with Crippen molar-refractivity contribution in [2.24, 2.45) is 5.92 Å². The highest BCUT2D eigenvalue weighted by Gasteiger charge is 2.34. The van der Waals surface area contributed by atoms with E-state index in [1.54, 1.807) is 0 Å². The van der Waals surface area contributed by atoms with Gasteiger partial charge in [-0.05, 0) is 31.6 Å². The van der Waals surface area contributed by atoms with Crippen LogP contribution in [-0.4, -0.2) is 32.0 Å². The maximum atomic E-state index is 11.3. The smallest absolute Gasteiger partial charge is 0.151 e. The first-order valence-electron chi connectivity index (χ1n) is 5.57. The summed E-state index contributed by atoms with van der Waals surface area (Å²) >= 11 is 0. The fourth-order valence-corrected chi connectivity index (χ4v) is 4.00. The molecule has 0 amide bonds. The van der Waals surface area contributed by atoms with Gasteiger partial charge in [0.05, 0.1) is 11.5 Å². The van der Waals surface area contributed by atoms with Gasteiger partial charge in [0.15, 0.2) is 9.84 Å². The molecule has 0 aromatic rings. The highest BCUT2D eigenvalue weighted by atomic mass is 32.2. The third kappa shape index (κ3) is 2.48. The summed E-state index contributed by atoms with van der Waals surface area (Å²) in [7, 11) is -2.72. The molecule has 1 heterocycles. The molecule has 82 valence electrons. The van der Waals surface area contributed by atoms with Gasteiger partial charge in [-0.1, -0.05) is 6.92 Å². The van der Waals surface area contributed by atoms with Crippen molar-refractivity contribution in [1.29, 1.82) is 0 Å². The van der Waals surface area contributed by atoms with E-state index in [9.17, 15) is 8.42 Å². The van der Waals surface area contributed by atoms with Crippen LogP contribution in [0.2, 0.25) is 0 Å². The van der Waals surface area contributed by atoms with Crippen LogP contribution in [0.1, 0.15) is 32.6 Å². The van der Waals surface area contributed by atoms with Crippen molar-refractivity contribution in [3.8, 4) is 0 Å². The van der Waals surface area contributed by atoms with E-state index in [4.69, 9.17) is 0 Å². The van der Waals surface area contributed by atoms with Gasteiger partial charge < -0.3 is 5.32 Å². The van der Waals surface area contributed by atoms with Crippen LogP contribution in [0.4, 0.5) is 0 Å². The minimum Gasteiger partial charge on any atom is -0.310 e. The molecule has 1 N–H and O–H groups in total. The second kappa shape index (κ2) is 3.81. The largest absolute Gasteiger partial charge is 0.310 e. The molecule has 0 aromatic heterocycles. The zero-order valence-electron chi connectivity index (χ0n) is 8.70. The Hall–Kier alpha value is -0.0900. The third-order valence-electron chi connectivity index (χ3n) is 3.31. The fourth-order valence-electron chi connectivity index (χ4n) is 2.32. The summed E-state index contributed by atoms with van der Waals surface area (Å²) in [6, 6.07) is 0.791. The molecule has 1 aliphatic carbocycles. The number of hydrogen-bond donors (Lipinski definition) is 1. The molecule has 2 rings (SSSR count). The van der Waals surface area contributed by atoms with Crippen LogP contribution in [0.25, 0.3) is 0 Å². The molecule has 2 fully saturated rings. The number of sulfone groups is 1. The predicted molar refractivity (Wildman–Crippen MR) is 57.0 cm³/mol. The Morgan fingerprint density at radius 3 is 2.50 bits per heavy atom. The molecule has 4 heteroatoms. The number of rotatable bonds is 4. The monoisotopic (exact) mass is 217 g/mol. The van der Waals surface area contributed by atoms with Gasteiger partial charge in [0.25, 0.3) is 0 Å². The van der Waals surface area contributed by atoms with E-state index in [0.29, 0.717) is 17.5 Å². The summed E-state index contributed by atoms with van der Waals surface area (Å²) in [6.45, 7) is 2.18. The Morgan fingerprint density at radius 1 is 1.36 bits per heavy atom. The number of nitrogens with one attached hydrogen (secondary N) is 1. The average Bonchev–Trinajstić information content (AvgIpc) is 2.88. The zero-order chi connectivity index (χ0) is 10.2. The van der Waals surface area contributed by atoms with E-state index in [1.807, 2.05) is 0 Å². The second-order valence-corrected chi connectivity index (χ2v) is 6.85. The molecule has 2 unspecified atom stereocenters. The van der Waals surface area contributed by atoms with E-state index >= 15 is 0 Å². The Bertz CT molecular complexity index is 295. The minimum atomic E-state index is -2.72. The van der Waals surface area contributed by atoms with E-state index in [1.165, 1.54) is 12.8 Å². The molecule has 0 bridgehead atoms. The molecule has 0 spiro atoms. The van der Waals surface area contributed by atoms with Crippen LogP contribution in [0.5, 0.6) is 0 Å². The summed E-state index contributed by atoms with van der Waals surface area (Å²) in [5.41, 5.74) is 0. The second-order valence-electron chi connectivity index (χ2n) is 4.62. The van der Waals surface area contributed by atoms with Crippen LogP contribution in [0.3, 0.4) is 0 Å². The summed E-state index contributed by atoms with van der Waals surface area (Å²) in [6.07, 6.45) is 4.59. The standard InChI is InChI=1S/C10H19NO2S/c1-2-10(8-3-4-8)11-9-5-6-14(12,13)7-9/h8-11H,2-7H2,1H3. The van der Waals surface area contributed by atoms with E-state index in [-0.39, 0.29) is 6.04 Å². The lowest BCUT2D eigenvalue weighted by molar-refractivity contribution is 0.401. The van der Waals surface area contributed by atoms with Crippen LogP contribution in [-0.2, 0) is 9.84 Å². The van der Waals surface area contributed by atoms with Gasteiger partial charge in [0.2, 0.25) is 0 Å². The first-order chi connectivity index (χ1) is 6.61. The molecule has 2 aliphatic rings. The first kappa shape index (κ1) is 10.4. The van der Waals surface area contributed by atoms with Gasteiger partial charge in [-0.2, -0.15) is 0 Å². The Kier molecular flexibility index (Phi) is 2.84. The Balaban J connectivity index is 1.85. The molecular weight excluding hydrogens is 198 g/mol. The minimum absolute atomic E-state index is 0.227. The van der Waals surface area contributed by atoms with Crippen LogP contribution in [0, 0.1) is 5.92 Å². The van der Waals surface area contributed by atoms with Crippen molar-refractivity contribution in [2.45, 2.75) is 44.7 Å². The lowest BCUT2D eigenvalue weighted by Gasteiger charge is -2.20. The maximum absolute atomic E-state index is 11.3. The van der Waals surface area contributed by atoms with Crippen molar-refractivity contribution in [2.75, 3.05) is 11.5 Å². The molecule has 0 radical (unpaired) electrons. The van der Waals surface area contributed by atoms with Crippen LogP contribution < -0.4 is 5.32 Å². The molecule has 1 saturated carbocycles. The quantitative estimate of drug-likeness (QED) is 0.762. The van der Waals surface area contributed by atoms with Gasteiger partial charge in [0.1, 0.15) is 0 Å². The van der Waals surface area contributed by atoms with Crippen molar-refractivity contribution < 1.29 is 8.42 Å². The van der Waals surface area contributed by atoms with Gasteiger partial charge in [-0.25, -0.2) is 8.42 Å². The molecule has 14 heavy (non-hydrogen) atoms. The molecule has 2 atom stereocenters. The van der Waals surface area contributed by atoms with Crippen LogP contribution >= 0.6 is 0 Å². The van der Waals surface area contributed by atoms with Crippen LogP contribution in [0.15, 0.2) is 0 Å². The average molecular weight is 217 g/mol. The predicted octanol–water partition coefficient (Wildman–Crippen LogP) is 0.952. The maximum Gasteiger partial charge on any atom is 0.151 e. The molecule has 1 saturated heterocycles. The number of hydrogen-bond acceptors (Lipinski definition) is 3.